The number of rotatable bonds is 4. The van der Waals surface area contributed by atoms with Crippen LogP contribution in [0.2, 0.25) is 0 Å². The second kappa shape index (κ2) is 6.66. The first-order valence-corrected chi connectivity index (χ1v) is 9.48. The third kappa shape index (κ3) is 4.52. The Labute approximate surface area is 135 Å². The highest BCUT2D eigenvalue weighted by molar-refractivity contribution is 7.91. The molecule has 1 saturated heterocycles. The molecule has 124 valence electrons. The molecule has 2 heterocycles. The standard InChI is InChI=1S/C14H22N2O4S2/c1-14(2,3)20-12(17)11-15-6-8-16(9-7-15)22(18,19)13-5-4-10-21-13/h4-5,10H,6-9,11H2,1-3H3. The van der Waals surface area contributed by atoms with Crippen LogP contribution >= 0.6 is 11.3 Å². The summed E-state index contributed by atoms with van der Waals surface area (Å²) >= 11 is 1.22. The predicted molar refractivity (Wildman–Crippen MR) is 85.4 cm³/mol. The lowest BCUT2D eigenvalue weighted by Gasteiger charge is -2.33. The molecule has 0 aromatic carbocycles. The Morgan fingerprint density at radius 3 is 2.41 bits per heavy atom. The molecule has 0 saturated carbocycles. The van der Waals surface area contributed by atoms with Crippen molar-refractivity contribution >= 4 is 27.3 Å². The summed E-state index contributed by atoms with van der Waals surface area (Å²) in [5.74, 6) is -0.276. The van der Waals surface area contributed by atoms with Gasteiger partial charge in [0.1, 0.15) is 9.81 Å². The normalized spacial score (nSPS) is 18.3. The first-order chi connectivity index (χ1) is 10.2. The van der Waals surface area contributed by atoms with Crippen LogP contribution in [0, 0.1) is 0 Å². The number of sulfonamides is 1. The maximum Gasteiger partial charge on any atom is 0.320 e. The molecular formula is C14H22N2O4S2. The van der Waals surface area contributed by atoms with Crippen molar-refractivity contribution < 1.29 is 17.9 Å². The summed E-state index contributed by atoms with van der Waals surface area (Å²) < 4.78 is 31.9. The molecule has 1 aliphatic rings. The summed E-state index contributed by atoms with van der Waals surface area (Å²) in [5, 5.41) is 1.76. The van der Waals surface area contributed by atoms with E-state index in [9.17, 15) is 13.2 Å². The number of piperazine rings is 1. The highest BCUT2D eigenvalue weighted by atomic mass is 32.2. The van der Waals surface area contributed by atoms with Gasteiger partial charge in [0.25, 0.3) is 10.0 Å². The number of nitrogens with zero attached hydrogens (tertiary/aromatic N) is 2. The van der Waals surface area contributed by atoms with E-state index in [4.69, 9.17) is 4.74 Å². The van der Waals surface area contributed by atoms with Crippen LogP contribution in [0.1, 0.15) is 20.8 Å². The Morgan fingerprint density at radius 2 is 1.91 bits per heavy atom. The SMILES string of the molecule is CC(C)(C)OC(=O)CN1CCN(S(=O)(=O)c2cccs2)CC1. The van der Waals surface area contributed by atoms with Gasteiger partial charge in [-0.05, 0) is 32.2 Å². The van der Waals surface area contributed by atoms with E-state index in [1.165, 1.54) is 15.6 Å². The van der Waals surface area contributed by atoms with Crippen molar-refractivity contribution in [2.45, 2.75) is 30.6 Å². The van der Waals surface area contributed by atoms with E-state index in [0.29, 0.717) is 30.4 Å². The zero-order chi connectivity index (χ0) is 16.4. The average Bonchev–Trinajstić information content (AvgIpc) is 2.91. The molecule has 6 nitrogen and oxygen atoms in total. The van der Waals surface area contributed by atoms with Crippen molar-refractivity contribution in [3.8, 4) is 0 Å². The predicted octanol–water partition coefficient (Wildman–Crippen LogP) is 1.40. The molecule has 0 N–H and O–H groups in total. The van der Waals surface area contributed by atoms with E-state index >= 15 is 0 Å². The molecule has 8 heteroatoms. The topological polar surface area (TPSA) is 66.9 Å². The molecular weight excluding hydrogens is 324 g/mol. The highest BCUT2D eigenvalue weighted by Crippen LogP contribution is 2.22. The molecule has 0 radical (unpaired) electrons. The third-order valence-electron chi connectivity index (χ3n) is 3.19. The van der Waals surface area contributed by atoms with Gasteiger partial charge in [-0.25, -0.2) is 8.42 Å². The van der Waals surface area contributed by atoms with Crippen molar-refractivity contribution in [2.75, 3.05) is 32.7 Å². The minimum absolute atomic E-state index is 0.199. The summed E-state index contributed by atoms with van der Waals surface area (Å²) in [6, 6.07) is 3.35. The number of ether oxygens (including phenoxy) is 1. The number of hydrogen-bond acceptors (Lipinski definition) is 6. The van der Waals surface area contributed by atoms with Crippen LogP contribution in [0.25, 0.3) is 0 Å². The van der Waals surface area contributed by atoms with Gasteiger partial charge in [0.15, 0.2) is 0 Å². The smallest absolute Gasteiger partial charge is 0.320 e. The molecule has 0 aliphatic carbocycles. The maximum atomic E-state index is 12.4. The Bertz CT molecular complexity index is 597. The average molecular weight is 346 g/mol. The van der Waals surface area contributed by atoms with Gasteiger partial charge in [0.05, 0.1) is 6.54 Å². The molecule has 2 rings (SSSR count). The van der Waals surface area contributed by atoms with Crippen molar-refractivity contribution in [3.05, 3.63) is 17.5 Å². The number of thiophene rings is 1. The van der Waals surface area contributed by atoms with Gasteiger partial charge in [-0.2, -0.15) is 4.31 Å². The van der Waals surface area contributed by atoms with Crippen LogP contribution in [0.5, 0.6) is 0 Å². The van der Waals surface area contributed by atoms with Gasteiger partial charge in [-0.3, -0.25) is 9.69 Å². The molecule has 1 aliphatic heterocycles. The summed E-state index contributed by atoms with van der Waals surface area (Å²) in [4.78, 5) is 13.7. The number of hydrogen-bond donors (Lipinski definition) is 0. The fourth-order valence-corrected chi connectivity index (χ4v) is 4.79. The monoisotopic (exact) mass is 346 g/mol. The quantitative estimate of drug-likeness (QED) is 0.771. The van der Waals surface area contributed by atoms with Crippen LogP contribution in [-0.2, 0) is 19.6 Å². The minimum Gasteiger partial charge on any atom is -0.459 e. The van der Waals surface area contributed by atoms with E-state index in [1.54, 1.807) is 17.5 Å². The number of carbonyl (C=O) groups excluding carboxylic acids is 1. The van der Waals surface area contributed by atoms with E-state index in [0.717, 1.165) is 0 Å². The third-order valence-corrected chi connectivity index (χ3v) is 6.46. The van der Waals surface area contributed by atoms with Gasteiger partial charge < -0.3 is 4.74 Å². The summed E-state index contributed by atoms with van der Waals surface area (Å²) in [7, 11) is -3.39. The lowest BCUT2D eigenvalue weighted by molar-refractivity contribution is -0.156. The Balaban J connectivity index is 1.87. The van der Waals surface area contributed by atoms with E-state index in [1.807, 2.05) is 25.7 Å². The zero-order valence-electron chi connectivity index (χ0n) is 13.1. The molecule has 0 spiro atoms. The Kier molecular flexibility index (Phi) is 5.26. The van der Waals surface area contributed by atoms with Crippen molar-refractivity contribution in [3.63, 3.8) is 0 Å². The largest absolute Gasteiger partial charge is 0.459 e. The Hall–Kier alpha value is -0.960. The van der Waals surface area contributed by atoms with Crippen molar-refractivity contribution in [1.29, 1.82) is 0 Å². The molecule has 1 aromatic heterocycles. The lowest BCUT2D eigenvalue weighted by atomic mass is 10.2. The number of carbonyl (C=O) groups is 1. The molecule has 0 bridgehead atoms. The van der Waals surface area contributed by atoms with E-state index < -0.39 is 15.6 Å². The van der Waals surface area contributed by atoms with E-state index in [2.05, 4.69) is 0 Å². The van der Waals surface area contributed by atoms with Crippen LogP contribution < -0.4 is 0 Å². The van der Waals surface area contributed by atoms with Gasteiger partial charge in [-0.15, -0.1) is 11.3 Å². The van der Waals surface area contributed by atoms with Crippen LogP contribution in [-0.4, -0.2) is 61.9 Å². The Morgan fingerprint density at radius 1 is 1.27 bits per heavy atom. The van der Waals surface area contributed by atoms with Gasteiger partial charge >= 0.3 is 5.97 Å². The minimum atomic E-state index is -3.39. The van der Waals surface area contributed by atoms with Crippen LogP contribution in [0.3, 0.4) is 0 Å². The van der Waals surface area contributed by atoms with Crippen LogP contribution in [0.15, 0.2) is 21.7 Å². The van der Waals surface area contributed by atoms with Crippen molar-refractivity contribution in [1.82, 2.24) is 9.21 Å². The molecule has 1 aromatic rings. The summed E-state index contributed by atoms with van der Waals surface area (Å²) in [5.41, 5.74) is -0.499. The molecule has 22 heavy (non-hydrogen) atoms. The first-order valence-electron chi connectivity index (χ1n) is 7.16. The van der Waals surface area contributed by atoms with Gasteiger partial charge in [0, 0.05) is 26.2 Å². The molecule has 0 amide bonds. The summed E-state index contributed by atoms with van der Waals surface area (Å²) in [6.07, 6.45) is 0. The van der Waals surface area contributed by atoms with Crippen molar-refractivity contribution in [2.24, 2.45) is 0 Å². The van der Waals surface area contributed by atoms with E-state index in [-0.39, 0.29) is 12.5 Å². The molecule has 0 atom stereocenters. The molecule has 0 unspecified atom stereocenters. The second-order valence-corrected chi connectivity index (χ2v) is 9.31. The lowest BCUT2D eigenvalue weighted by Crippen LogP contribution is -2.50. The maximum absolute atomic E-state index is 12.4. The first kappa shape index (κ1) is 17.4. The van der Waals surface area contributed by atoms with Crippen LogP contribution in [0.4, 0.5) is 0 Å². The van der Waals surface area contributed by atoms with Gasteiger partial charge in [-0.1, -0.05) is 6.07 Å². The summed E-state index contributed by atoms with van der Waals surface area (Å²) in [6.45, 7) is 7.53. The highest BCUT2D eigenvalue weighted by Gasteiger charge is 2.30. The fraction of sp³-hybridized carbons (Fsp3) is 0.643. The van der Waals surface area contributed by atoms with Gasteiger partial charge in [0.2, 0.25) is 0 Å². The zero-order valence-corrected chi connectivity index (χ0v) is 14.7. The molecule has 1 fully saturated rings. The fourth-order valence-electron chi connectivity index (χ4n) is 2.22. The number of esters is 1. The second-order valence-electron chi connectivity index (χ2n) is 6.20.